The third kappa shape index (κ3) is 3.21. The van der Waals surface area contributed by atoms with Crippen molar-refractivity contribution in [3.8, 4) is 0 Å². The quantitative estimate of drug-likeness (QED) is 0.840. The summed E-state index contributed by atoms with van der Waals surface area (Å²) in [7, 11) is -2.01. The van der Waals surface area contributed by atoms with Gasteiger partial charge in [-0.15, -0.1) is 11.6 Å². The molecule has 2 unspecified atom stereocenters. The van der Waals surface area contributed by atoms with Crippen molar-refractivity contribution in [3.05, 3.63) is 29.8 Å². The smallest absolute Gasteiger partial charge is 0.214 e. The highest BCUT2D eigenvalue weighted by Crippen LogP contribution is 2.30. The first-order valence-electron chi connectivity index (χ1n) is 5.60. The van der Waals surface area contributed by atoms with Crippen LogP contribution in [0.2, 0.25) is 0 Å². The van der Waals surface area contributed by atoms with Crippen LogP contribution in [0.3, 0.4) is 0 Å². The molecule has 1 aromatic carbocycles. The van der Waals surface area contributed by atoms with Gasteiger partial charge in [0.1, 0.15) is 0 Å². The molecule has 0 radical (unpaired) electrons. The zero-order valence-electron chi connectivity index (χ0n) is 10.3. The van der Waals surface area contributed by atoms with E-state index in [2.05, 4.69) is 4.72 Å². The van der Waals surface area contributed by atoms with Gasteiger partial charge in [-0.1, -0.05) is 32.0 Å². The molecule has 96 valence electrons. The van der Waals surface area contributed by atoms with Crippen LogP contribution in [-0.2, 0) is 10.0 Å². The summed E-state index contributed by atoms with van der Waals surface area (Å²) in [5, 5.41) is -0.0665. The number of hydrogen-bond acceptors (Lipinski definition) is 2. The number of halogens is 1. The summed E-state index contributed by atoms with van der Waals surface area (Å²) >= 11 is 6.20. The van der Waals surface area contributed by atoms with Crippen molar-refractivity contribution in [3.63, 3.8) is 0 Å². The fourth-order valence-electron chi connectivity index (χ4n) is 1.76. The highest BCUT2D eigenvalue weighted by Gasteiger charge is 2.23. The van der Waals surface area contributed by atoms with Crippen molar-refractivity contribution in [1.29, 1.82) is 0 Å². The molecular formula is C12H18ClNO2S. The Labute approximate surface area is 108 Å². The molecule has 0 aliphatic rings. The summed E-state index contributed by atoms with van der Waals surface area (Å²) in [6.07, 6.45) is 0.802. The molecule has 0 heterocycles. The fourth-order valence-corrected chi connectivity index (χ4v) is 2.94. The van der Waals surface area contributed by atoms with Crippen molar-refractivity contribution in [1.82, 2.24) is 4.72 Å². The van der Waals surface area contributed by atoms with E-state index in [1.165, 1.54) is 7.05 Å². The average molecular weight is 276 g/mol. The first kappa shape index (κ1) is 14.5. The lowest BCUT2D eigenvalue weighted by Gasteiger charge is -2.19. The fraction of sp³-hybridized carbons (Fsp3) is 0.500. The minimum Gasteiger partial charge on any atom is -0.214 e. The van der Waals surface area contributed by atoms with Crippen LogP contribution in [-0.4, -0.2) is 20.8 Å². The van der Waals surface area contributed by atoms with E-state index in [-0.39, 0.29) is 11.3 Å². The summed E-state index contributed by atoms with van der Waals surface area (Å²) in [4.78, 5) is 0.314. The molecule has 0 bridgehead atoms. The van der Waals surface area contributed by atoms with Gasteiger partial charge < -0.3 is 0 Å². The van der Waals surface area contributed by atoms with Gasteiger partial charge in [-0.25, -0.2) is 13.1 Å². The maximum atomic E-state index is 11.9. The number of sulfonamides is 1. The molecule has 0 aliphatic heterocycles. The number of alkyl halides is 1. The number of benzene rings is 1. The van der Waals surface area contributed by atoms with Crippen molar-refractivity contribution >= 4 is 21.6 Å². The van der Waals surface area contributed by atoms with Gasteiger partial charge >= 0.3 is 0 Å². The third-order valence-electron chi connectivity index (χ3n) is 2.90. The zero-order valence-corrected chi connectivity index (χ0v) is 11.8. The molecule has 3 nitrogen and oxygen atoms in total. The molecule has 0 aromatic heterocycles. The molecule has 0 saturated heterocycles. The molecule has 2 atom stereocenters. The largest absolute Gasteiger partial charge is 0.240 e. The predicted octanol–water partition coefficient (Wildman–Crippen LogP) is 2.72. The molecular weight excluding hydrogens is 258 g/mol. The summed E-state index contributed by atoms with van der Waals surface area (Å²) in [6, 6.07) is 6.98. The lowest BCUT2D eigenvalue weighted by molar-refractivity contribution is 0.583. The third-order valence-corrected chi connectivity index (χ3v) is 5.08. The van der Waals surface area contributed by atoms with E-state index < -0.39 is 10.0 Å². The van der Waals surface area contributed by atoms with Gasteiger partial charge in [-0.3, -0.25) is 0 Å². The Bertz CT molecular complexity index is 473. The Hall–Kier alpha value is -0.580. The van der Waals surface area contributed by atoms with E-state index in [1.807, 2.05) is 26.0 Å². The van der Waals surface area contributed by atoms with Gasteiger partial charge in [0.25, 0.3) is 0 Å². The molecule has 1 rings (SSSR count). The highest BCUT2D eigenvalue weighted by molar-refractivity contribution is 7.89. The summed E-state index contributed by atoms with van der Waals surface area (Å²) in [5.41, 5.74) is 0.767. The Balaban J connectivity index is 3.26. The molecule has 1 N–H and O–H groups in total. The van der Waals surface area contributed by atoms with Crippen molar-refractivity contribution < 1.29 is 8.42 Å². The van der Waals surface area contributed by atoms with Crippen LogP contribution in [0, 0.1) is 0 Å². The predicted molar refractivity (Wildman–Crippen MR) is 71.0 cm³/mol. The summed E-state index contributed by atoms with van der Waals surface area (Å²) in [6.45, 7) is 3.94. The summed E-state index contributed by atoms with van der Waals surface area (Å²) < 4.78 is 26.1. The molecule has 5 heteroatoms. The van der Waals surface area contributed by atoms with Crippen molar-refractivity contribution in [2.24, 2.45) is 0 Å². The normalized spacial score (nSPS) is 15.5. The van der Waals surface area contributed by atoms with Gasteiger partial charge in [0, 0.05) is 5.38 Å². The second kappa shape index (κ2) is 5.85. The molecule has 1 aromatic rings. The van der Waals surface area contributed by atoms with Gasteiger partial charge in [0.15, 0.2) is 0 Å². The number of rotatable bonds is 5. The maximum absolute atomic E-state index is 11.9. The number of hydrogen-bond donors (Lipinski definition) is 1. The van der Waals surface area contributed by atoms with Crippen LogP contribution >= 0.6 is 11.6 Å². The van der Waals surface area contributed by atoms with Crippen LogP contribution in [0.15, 0.2) is 29.2 Å². The minimum absolute atomic E-state index is 0.000918. The second-order valence-corrected chi connectivity index (χ2v) is 6.37. The Morgan fingerprint density at radius 3 is 2.47 bits per heavy atom. The topological polar surface area (TPSA) is 46.2 Å². The van der Waals surface area contributed by atoms with Crippen LogP contribution < -0.4 is 4.72 Å². The molecule has 0 spiro atoms. The molecule has 0 aliphatic carbocycles. The number of nitrogens with one attached hydrogen (secondary N) is 1. The zero-order chi connectivity index (χ0) is 13.1. The van der Waals surface area contributed by atoms with Crippen LogP contribution in [0.1, 0.15) is 31.7 Å². The standard InChI is InChI=1S/C12H18ClNO2S/c1-4-11(13)9(2)10-7-5-6-8-12(10)17(15,16)14-3/h5-9,11,14H,4H2,1-3H3. The first-order chi connectivity index (χ1) is 7.94. The van der Waals surface area contributed by atoms with E-state index in [0.29, 0.717) is 4.90 Å². The molecule has 0 saturated carbocycles. The maximum Gasteiger partial charge on any atom is 0.240 e. The van der Waals surface area contributed by atoms with E-state index in [4.69, 9.17) is 11.6 Å². The Morgan fingerprint density at radius 1 is 1.35 bits per heavy atom. The molecule has 17 heavy (non-hydrogen) atoms. The highest BCUT2D eigenvalue weighted by atomic mass is 35.5. The van der Waals surface area contributed by atoms with Gasteiger partial charge in [-0.2, -0.15) is 0 Å². The van der Waals surface area contributed by atoms with E-state index in [0.717, 1.165) is 12.0 Å². The average Bonchev–Trinajstić information content (AvgIpc) is 2.36. The Kier molecular flexibility index (Phi) is 4.98. The van der Waals surface area contributed by atoms with Crippen LogP contribution in [0.25, 0.3) is 0 Å². The summed E-state index contributed by atoms with van der Waals surface area (Å²) in [5.74, 6) is 0.000918. The van der Waals surface area contributed by atoms with E-state index in [1.54, 1.807) is 12.1 Å². The van der Waals surface area contributed by atoms with Gasteiger partial charge in [-0.05, 0) is 31.0 Å². The Morgan fingerprint density at radius 2 is 1.94 bits per heavy atom. The van der Waals surface area contributed by atoms with Gasteiger partial charge in [0.2, 0.25) is 10.0 Å². The minimum atomic E-state index is -3.42. The van der Waals surface area contributed by atoms with Crippen molar-refractivity contribution in [2.45, 2.75) is 36.5 Å². The lowest BCUT2D eigenvalue weighted by Crippen LogP contribution is -2.22. The lowest BCUT2D eigenvalue weighted by atomic mass is 9.96. The van der Waals surface area contributed by atoms with Crippen molar-refractivity contribution in [2.75, 3.05) is 7.05 Å². The van der Waals surface area contributed by atoms with Crippen LogP contribution in [0.5, 0.6) is 0 Å². The van der Waals surface area contributed by atoms with Crippen LogP contribution in [0.4, 0.5) is 0 Å². The van der Waals surface area contributed by atoms with E-state index >= 15 is 0 Å². The molecule has 0 fully saturated rings. The SMILES string of the molecule is CCC(Cl)C(C)c1ccccc1S(=O)(=O)NC. The van der Waals surface area contributed by atoms with E-state index in [9.17, 15) is 8.42 Å². The second-order valence-electron chi connectivity index (χ2n) is 3.96. The monoisotopic (exact) mass is 275 g/mol. The first-order valence-corrected chi connectivity index (χ1v) is 7.52. The molecule has 0 amide bonds. The van der Waals surface area contributed by atoms with Gasteiger partial charge in [0.05, 0.1) is 4.90 Å².